The molecule has 6 heteroatoms. The van der Waals surface area contributed by atoms with Crippen molar-refractivity contribution in [1.29, 1.82) is 0 Å². The van der Waals surface area contributed by atoms with Crippen molar-refractivity contribution >= 4 is 17.9 Å². The smallest absolute Gasteiger partial charge is 0.244 e. The van der Waals surface area contributed by atoms with Gasteiger partial charge in [-0.15, -0.1) is 0 Å². The Labute approximate surface area is 263 Å². The third-order valence-corrected chi connectivity index (χ3v) is 9.15. The number of carbonyl (C=O) groups excluding carboxylic acids is 2. The molecule has 44 heavy (non-hydrogen) atoms. The predicted octanol–water partition coefficient (Wildman–Crippen LogP) is 5.70. The summed E-state index contributed by atoms with van der Waals surface area (Å²) in [6.45, 7) is 9.04. The molecule has 2 atom stereocenters. The molecule has 6 nitrogen and oxygen atoms in total. The minimum absolute atomic E-state index is 0.0145. The van der Waals surface area contributed by atoms with Crippen molar-refractivity contribution in [1.82, 2.24) is 20.4 Å². The number of benzene rings is 3. The first-order chi connectivity index (χ1) is 21.5. The Bertz CT molecular complexity index is 1340. The molecular formula is C38H48N4O2. The van der Waals surface area contributed by atoms with E-state index in [1.54, 1.807) is 6.08 Å². The first-order valence-electron chi connectivity index (χ1n) is 16.4. The minimum Gasteiger partial charge on any atom is -0.351 e. The Morgan fingerprint density at radius 1 is 0.932 bits per heavy atom. The molecule has 3 aromatic carbocycles. The Balaban J connectivity index is 1.28. The molecule has 3 aromatic rings. The highest BCUT2D eigenvalue weighted by molar-refractivity contribution is 5.92. The fraction of sp³-hybridized carbons (Fsp3) is 0.421. The number of hydrogen-bond donors (Lipinski definition) is 2. The first-order valence-corrected chi connectivity index (χ1v) is 16.4. The van der Waals surface area contributed by atoms with Crippen LogP contribution in [0.1, 0.15) is 65.8 Å². The second-order valence-corrected chi connectivity index (χ2v) is 12.5. The Morgan fingerprint density at radius 2 is 1.61 bits per heavy atom. The summed E-state index contributed by atoms with van der Waals surface area (Å²) in [7, 11) is 0. The van der Waals surface area contributed by atoms with Gasteiger partial charge in [0.05, 0.1) is 6.04 Å². The molecule has 2 saturated heterocycles. The van der Waals surface area contributed by atoms with Gasteiger partial charge in [-0.25, -0.2) is 0 Å². The van der Waals surface area contributed by atoms with E-state index in [4.69, 9.17) is 0 Å². The number of nitrogens with one attached hydrogen (secondary N) is 2. The number of likely N-dealkylation sites (tertiary alicyclic amines) is 1. The largest absolute Gasteiger partial charge is 0.351 e. The highest BCUT2D eigenvalue weighted by Gasteiger charge is 2.33. The molecule has 2 aliphatic rings. The maximum atomic E-state index is 14.2. The fourth-order valence-corrected chi connectivity index (χ4v) is 6.58. The molecule has 2 aliphatic heterocycles. The van der Waals surface area contributed by atoms with Crippen LogP contribution in [0.25, 0.3) is 6.08 Å². The molecule has 5 rings (SSSR count). The van der Waals surface area contributed by atoms with Crippen LogP contribution in [0, 0.1) is 13.8 Å². The maximum Gasteiger partial charge on any atom is 0.244 e. The lowest BCUT2D eigenvalue weighted by Gasteiger charge is -2.31. The summed E-state index contributed by atoms with van der Waals surface area (Å²) in [6.07, 6.45) is 8.81. The van der Waals surface area contributed by atoms with E-state index >= 15 is 0 Å². The van der Waals surface area contributed by atoms with Crippen LogP contribution in [0.3, 0.4) is 0 Å². The van der Waals surface area contributed by atoms with E-state index < -0.39 is 0 Å². The zero-order valence-corrected chi connectivity index (χ0v) is 26.4. The van der Waals surface area contributed by atoms with Gasteiger partial charge in [0.15, 0.2) is 0 Å². The number of carbonyl (C=O) groups is 2. The number of piperidine rings is 1. The molecule has 0 radical (unpaired) electrons. The molecule has 2 heterocycles. The molecule has 0 aliphatic carbocycles. The van der Waals surface area contributed by atoms with Crippen molar-refractivity contribution in [2.75, 3.05) is 39.3 Å². The average Bonchev–Trinajstić information content (AvgIpc) is 3.20. The molecule has 0 bridgehead atoms. The van der Waals surface area contributed by atoms with Gasteiger partial charge in [-0.1, -0.05) is 90.8 Å². The molecule has 2 N–H and O–H groups in total. The summed E-state index contributed by atoms with van der Waals surface area (Å²) in [4.78, 5) is 31.5. The summed E-state index contributed by atoms with van der Waals surface area (Å²) < 4.78 is 0. The molecule has 2 amide bonds. The molecule has 0 saturated carbocycles. The maximum absolute atomic E-state index is 14.2. The Hall–Kier alpha value is -3.74. The highest BCUT2D eigenvalue weighted by atomic mass is 16.2. The standard InChI is InChI=1S/C38H48N4O2/c1-29-16-17-31(30(2)26-29)18-19-37(43)39-27-34-20-25-42(38(44)36(40-34)21-24-41-22-10-5-11-23-41)28-35(32-12-6-3-7-13-32)33-14-8-4-9-15-33/h3-4,6-9,12-19,26,34-36,40H,5,10-11,20-25,27-28H2,1-2H3,(H,39,43)/t34-,36-/m0/s1. The van der Waals surface area contributed by atoms with Crippen molar-refractivity contribution in [2.24, 2.45) is 0 Å². The summed E-state index contributed by atoms with van der Waals surface area (Å²) in [5.41, 5.74) is 5.84. The van der Waals surface area contributed by atoms with Gasteiger partial charge in [0.1, 0.15) is 0 Å². The molecular weight excluding hydrogens is 544 g/mol. The van der Waals surface area contributed by atoms with Crippen LogP contribution in [0.5, 0.6) is 0 Å². The van der Waals surface area contributed by atoms with Crippen LogP contribution in [0.4, 0.5) is 0 Å². The van der Waals surface area contributed by atoms with Gasteiger partial charge < -0.3 is 20.4 Å². The number of hydrogen-bond acceptors (Lipinski definition) is 4. The van der Waals surface area contributed by atoms with E-state index in [0.29, 0.717) is 19.6 Å². The molecule has 232 valence electrons. The molecule has 0 unspecified atom stereocenters. The van der Waals surface area contributed by atoms with Gasteiger partial charge in [-0.2, -0.15) is 0 Å². The van der Waals surface area contributed by atoms with Gasteiger partial charge >= 0.3 is 0 Å². The van der Waals surface area contributed by atoms with Crippen molar-refractivity contribution in [2.45, 2.75) is 64.0 Å². The number of amides is 2. The number of rotatable bonds is 11. The first kappa shape index (κ1) is 31.7. The second-order valence-electron chi connectivity index (χ2n) is 12.5. The lowest BCUT2D eigenvalue weighted by Crippen LogP contribution is -2.50. The zero-order valence-electron chi connectivity index (χ0n) is 26.4. The summed E-state index contributed by atoms with van der Waals surface area (Å²) in [5.74, 6) is 0.149. The topological polar surface area (TPSA) is 64.7 Å². The van der Waals surface area contributed by atoms with Crippen LogP contribution in [0.15, 0.2) is 84.9 Å². The lowest BCUT2D eigenvalue weighted by atomic mass is 9.90. The third-order valence-electron chi connectivity index (χ3n) is 9.15. The Morgan fingerprint density at radius 3 is 2.27 bits per heavy atom. The molecule has 0 spiro atoms. The van der Waals surface area contributed by atoms with Crippen LogP contribution in [0.2, 0.25) is 0 Å². The molecule has 0 aromatic heterocycles. The number of aryl methyl sites for hydroxylation is 2. The summed E-state index contributed by atoms with van der Waals surface area (Å²) in [6, 6.07) is 27.0. The van der Waals surface area contributed by atoms with E-state index in [9.17, 15) is 9.59 Å². The van der Waals surface area contributed by atoms with E-state index in [0.717, 1.165) is 43.6 Å². The third kappa shape index (κ3) is 8.90. The van der Waals surface area contributed by atoms with Crippen LogP contribution < -0.4 is 10.6 Å². The highest BCUT2D eigenvalue weighted by Crippen LogP contribution is 2.27. The normalized spacial score (nSPS) is 19.8. The van der Waals surface area contributed by atoms with Gasteiger partial charge in [0, 0.05) is 44.2 Å². The van der Waals surface area contributed by atoms with Crippen LogP contribution >= 0.6 is 0 Å². The van der Waals surface area contributed by atoms with Crippen LogP contribution in [-0.4, -0.2) is 73.0 Å². The van der Waals surface area contributed by atoms with Crippen molar-refractivity contribution < 1.29 is 9.59 Å². The predicted molar refractivity (Wildman–Crippen MR) is 180 cm³/mol. The van der Waals surface area contributed by atoms with Crippen molar-refractivity contribution in [3.8, 4) is 0 Å². The fourth-order valence-electron chi connectivity index (χ4n) is 6.58. The van der Waals surface area contributed by atoms with Gasteiger partial charge in [0.25, 0.3) is 0 Å². The van der Waals surface area contributed by atoms with Gasteiger partial charge in [-0.05, 0) is 81.0 Å². The van der Waals surface area contributed by atoms with Crippen LogP contribution in [-0.2, 0) is 9.59 Å². The van der Waals surface area contributed by atoms with Crippen molar-refractivity contribution in [3.63, 3.8) is 0 Å². The lowest BCUT2D eigenvalue weighted by molar-refractivity contribution is -0.133. The average molecular weight is 593 g/mol. The van der Waals surface area contributed by atoms with Gasteiger partial charge in [-0.3, -0.25) is 9.59 Å². The SMILES string of the molecule is Cc1ccc(C=CC(=O)NC[C@@H]2CCN(CC(c3ccccc3)c3ccccc3)C(=O)[C@H](CCN3CCCCC3)N2)c(C)c1. The van der Waals surface area contributed by atoms with E-state index in [1.165, 1.54) is 36.0 Å². The van der Waals surface area contributed by atoms with Gasteiger partial charge in [0.2, 0.25) is 11.8 Å². The summed E-state index contributed by atoms with van der Waals surface area (Å²) in [5, 5.41) is 6.78. The van der Waals surface area contributed by atoms with E-state index in [-0.39, 0.29) is 29.8 Å². The van der Waals surface area contributed by atoms with E-state index in [1.807, 2.05) is 24.3 Å². The minimum atomic E-state index is -0.278. The van der Waals surface area contributed by atoms with Crippen molar-refractivity contribution in [3.05, 3.63) is 113 Å². The summed E-state index contributed by atoms with van der Waals surface area (Å²) >= 11 is 0. The molecule has 2 fully saturated rings. The van der Waals surface area contributed by atoms with E-state index in [2.05, 4.69) is 94.9 Å². The quantitative estimate of drug-likeness (QED) is 0.281. The monoisotopic (exact) mass is 592 g/mol. The zero-order chi connectivity index (χ0) is 30.7. The Kier molecular flexibility index (Phi) is 11.4. The number of nitrogens with zero attached hydrogens (tertiary/aromatic N) is 2. The second kappa shape index (κ2) is 15.8.